The van der Waals surface area contributed by atoms with Crippen molar-refractivity contribution in [1.29, 1.82) is 0 Å². The molecule has 4 nitrogen and oxygen atoms in total. The van der Waals surface area contributed by atoms with Crippen LogP contribution in [0.1, 0.15) is 52.9 Å². The molecule has 1 saturated carbocycles. The SMILES string of the molecule is CCC(CC(=O)NC1(C(=O)O)CCC1)C(C)C. The van der Waals surface area contributed by atoms with Crippen LogP contribution in [0.3, 0.4) is 0 Å². The maximum absolute atomic E-state index is 11.9. The van der Waals surface area contributed by atoms with E-state index in [1.54, 1.807) is 0 Å². The standard InChI is InChI=1S/C13H23NO3/c1-4-10(9(2)3)8-11(15)14-13(12(16)17)6-5-7-13/h9-10H,4-8H2,1-3H3,(H,14,15)(H,16,17). The molecule has 0 aromatic heterocycles. The van der Waals surface area contributed by atoms with Crippen molar-refractivity contribution in [3.05, 3.63) is 0 Å². The van der Waals surface area contributed by atoms with E-state index in [1.807, 2.05) is 0 Å². The van der Waals surface area contributed by atoms with Gasteiger partial charge in [0.05, 0.1) is 0 Å². The smallest absolute Gasteiger partial charge is 0.329 e. The largest absolute Gasteiger partial charge is 0.480 e. The van der Waals surface area contributed by atoms with E-state index in [-0.39, 0.29) is 5.91 Å². The van der Waals surface area contributed by atoms with Crippen LogP contribution in [0.2, 0.25) is 0 Å². The van der Waals surface area contributed by atoms with Crippen LogP contribution in [0, 0.1) is 11.8 Å². The molecule has 1 unspecified atom stereocenters. The molecule has 4 heteroatoms. The van der Waals surface area contributed by atoms with E-state index < -0.39 is 11.5 Å². The van der Waals surface area contributed by atoms with Crippen molar-refractivity contribution < 1.29 is 14.7 Å². The fourth-order valence-electron chi connectivity index (χ4n) is 2.33. The van der Waals surface area contributed by atoms with Crippen LogP contribution in [0.4, 0.5) is 0 Å². The Kier molecular flexibility index (Phi) is 4.54. The zero-order valence-corrected chi connectivity index (χ0v) is 11.0. The van der Waals surface area contributed by atoms with Gasteiger partial charge in [0.1, 0.15) is 5.54 Å². The predicted octanol–water partition coefficient (Wildman–Crippen LogP) is 2.18. The van der Waals surface area contributed by atoms with Crippen LogP contribution < -0.4 is 5.32 Å². The topological polar surface area (TPSA) is 66.4 Å². The molecule has 0 aliphatic heterocycles. The van der Waals surface area contributed by atoms with Crippen molar-refractivity contribution >= 4 is 11.9 Å². The highest BCUT2D eigenvalue weighted by molar-refractivity contribution is 5.87. The Morgan fingerprint density at radius 1 is 1.35 bits per heavy atom. The van der Waals surface area contributed by atoms with E-state index in [1.165, 1.54) is 0 Å². The summed E-state index contributed by atoms with van der Waals surface area (Å²) in [6.07, 6.45) is 3.39. The summed E-state index contributed by atoms with van der Waals surface area (Å²) in [7, 11) is 0. The van der Waals surface area contributed by atoms with Crippen LogP contribution in [0.5, 0.6) is 0 Å². The summed E-state index contributed by atoms with van der Waals surface area (Å²) in [4.78, 5) is 23.0. The van der Waals surface area contributed by atoms with Crippen LogP contribution in [0.25, 0.3) is 0 Å². The summed E-state index contributed by atoms with van der Waals surface area (Å²) in [6, 6.07) is 0. The molecule has 2 N–H and O–H groups in total. The third-order valence-electron chi connectivity index (χ3n) is 3.91. The highest BCUT2D eigenvalue weighted by atomic mass is 16.4. The molecule has 1 rings (SSSR count). The minimum Gasteiger partial charge on any atom is -0.480 e. The fraction of sp³-hybridized carbons (Fsp3) is 0.846. The van der Waals surface area contributed by atoms with Gasteiger partial charge >= 0.3 is 5.97 Å². The van der Waals surface area contributed by atoms with Crippen molar-refractivity contribution in [2.24, 2.45) is 11.8 Å². The van der Waals surface area contributed by atoms with E-state index >= 15 is 0 Å². The highest BCUT2D eigenvalue weighted by Gasteiger charge is 2.45. The van der Waals surface area contributed by atoms with Gasteiger partial charge < -0.3 is 10.4 Å². The van der Waals surface area contributed by atoms with E-state index in [0.29, 0.717) is 31.1 Å². The number of amides is 1. The second-order valence-corrected chi connectivity index (χ2v) is 5.41. The maximum Gasteiger partial charge on any atom is 0.329 e. The lowest BCUT2D eigenvalue weighted by atomic mass is 9.76. The summed E-state index contributed by atoms with van der Waals surface area (Å²) in [6.45, 7) is 6.25. The second-order valence-electron chi connectivity index (χ2n) is 5.41. The molecule has 0 aromatic carbocycles. The number of rotatable bonds is 6. The van der Waals surface area contributed by atoms with Gasteiger partial charge in [0.2, 0.25) is 5.91 Å². The normalized spacial score (nSPS) is 19.5. The fourth-order valence-corrected chi connectivity index (χ4v) is 2.33. The van der Waals surface area contributed by atoms with E-state index in [4.69, 9.17) is 5.11 Å². The Morgan fingerprint density at radius 2 is 1.94 bits per heavy atom. The third kappa shape index (κ3) is 3.20. The van der Waals surface area contributed by atoms with Gasteiger partial charge in [0.25, 0.3) is 0 Å². The van der Waals surface area contributed by atoms with Crippen molar-refractivity contribution in [2.45, 2.75) is 58.4 Å². The molecule has 17 heavy (non-hydrogen) atoms. The molecule has 0 aromatic rings. The number of hydrogen-bond donors (Lipinski definition) is 2. The minimum atomic E-state index is -0.966. The number of hydrogen-bond acceptors (Lipinski definition) is 2. The Labute approximate surface area is 103 Å². The third-order valence-corrected chi connectivity index (χ3v) is 3.91. The Morgan fingerprint density at radius 3 is 2.24 bits per heavy atom. The van der Waals surface area contributed by atoms with Gasteiger partial charge in [0, 0.05) is 6.42 Å². The summed E-state index contributed by atoms with van der Waals surface area (Å²) < 4.78 is 0. The first-order valence-corrected chi connectivity index (χ1v) is 6.45. The lowest BCUT2D eigenvalue weighted by molar-refractivity contribution is -0.152. The van der Waals surface area contributed by atoms with Crippen molar-refractivity contribution in [2.75, 3.05) is 0 Å². The molecule has 1 aliphatic rings. The molecule has 1 atom stereocenters. The summed E-state index contributed by atoms with van der Waals surface area (Å²) in [5.41, 5.74) is -0.966. The summed E-state index contributed by atoms with van der Waals surface area (Å²) in [5.74, 6) is -0.226. The molecule has 1 amide bonds. The van der Waals surface area contributed by atoms with Gasteiger partial charge in [-0.25, -0.2) is 4.79 Å². The molecular weight excluding hydrogens is 218 g/mol. The Bertz CT molecular complexity index is 295. The highest BCUT2D eigenvalue weighted by Crippen LogP contribution is 2.32. The number of nitrogens with one attached hydrogen (secondary N) is 1. The van der Waals surface area contributed by atoms with Gasteiger partial charge in [-0.15, -0.1) is 0 Å². The first kappa shape index (κ1) is 14.0. The minimum absolute atomic E-state index is 0.118. The average molecular weight is 241 g/mol. The van der Waals surface area contributed by atoms with Crippen molar-refractivity contribution in [3.8, 4) is 0 Å². The Hall–Kier alpha value is -1.06. The lowest BCUT2D eigenvalue weighted by Crippen LogP contribution is -2.59. The number of carbonyl (C=O) groups excluding carboxylic acids is 1. The van der Waals surface area contributed by atoms with Gasteiger partial charge in [-0.05, 0) is 31.1 Å². The molecule has 98 valence electrons. The molecule has 0 spiro atoms. The monoisotopic (exact) mass is 241 g/mol. The molecule has 1 fully saturated rings. The van der Waals surface area contributed by atoms with Crippen LogP contribution in [0.15, 0.2) is 0 Å². The molecule has 0 radical (unpaired) electrons. The second kappa shape index (κ2) is 5.52. The van der Waals surface area contributed by atoms with Gasteiger partial charge in [-0.3, -0.25) is 4.79 Å². The quantitative estimate of drug-likeness (QED) is 0.749. The first-order chi connectivity index (χ1) is 7.91. The van der Waals surface area contributed by atoms with Gasteiger partial charge in [0.15, 0.2) is 0 Å². The molecule has 0 bridgehead atoms. The van der Waals surface area contributed by atoms with E-state index in [0.717, 1.165) is 12.8 Å². The van der Waals surface area contributed by atoms with Crippen molar-refractivity contribution in [1.82, 2.24) is 5.32 Å². The number of carbonyl (C=O) groups is 2. The molecular formula is C13H23NO3. The molecule has 1 aliphatic carbocycles. The molecule has 0 saturated heterocycles. The van der Waals surface area contributed by atoms with Crippen LogP contribution >= 0.6 is 0 Å². The predicted molar refractivity (Wildman–Crippen MR) is 65.6 cm³/mol. The van der Waals surface area contributed by atoms with Crippen LogP contribution in [-0.2, 0) is 9.59 Å². The van der Waals surface area contributed by atoms with Gasteiger partial charge in [-0.2, -0.15) is 0 Å². The van der Waals surface area contributed by atoms with Gasteiger partial charge in [-0.1, -0.05) is 27.2 Å². The number of carboxylic acids is 1. The Balaban J connectivity index is 2.51. The average Bonchev–Trinajstić information content (AvgIpc) is 2.18. The summed E-state index contributed by atoms with van der Waals surface area (Å²) >= 11 is 0. The lowest BCUT2D eigenvalue weighted by Gasteiger charge is -2.38. The number of carboxylic acid groups (broad SMARTS) is 1. The zero-order chi connectivity index (χ0) is 13.1. The van der Waals surface area contributed by atoms with E-state index in [9.17, 15) is 9.59 Å². The van der Waals surface area contributed by atoms with E-state index in [2.05, 4.69) is 26.1 Å². The maximum atomic E-state index is 11.9. The first-order valence-electron chi connectivity index (χ1n) is 6.45. The van der Waals surface area contributed by atoms with Crippen LogP contribution in [-0.4, -0.2) is 22.5 Å². The summed E-state index contributed by atoms with van der Waals surface area (Å²) in [5, 5.41) is 11.8. The van der Waals surface area contributed by atoms with Crippen molar-refractivity contribution in [3.63, 3.8) is 0 Å². The molecule has 0 heterocycles. The number of aliphatic carboxylic acids is 1. The zero-order valence-electron chi connectivity index (χ0n) is 11.0.